The predicted octanol–water partition coefficient (Wildman–Crippen LogP) is 0.557. The van der Waals surface area contributed by atoms with E-state index in [9.17, 15) is 14.0 Å². The average molecular weight is 294 g/mol. The first-order valence-electron chi connectivity index (χ1n) is 6.77. The number of hydrogen-bond acceptors (Lipinski definition) is 4. The Bertz CT molecular complexity index is 546. The summed E-state index contributed by atoms with van der Waals surface area (Å²) in [7, 11) is 1.68. The molecule has 1 fully saturated rings. The second-order valence-corrected chi connectivity index (χ2v) is 5.29. The van der Waals surface area contributed by atoms with E-state index >= 15 is 0 Å². The zero-order chi connectivity index (χ0) is 15.4. The zero-order valence-electron chi connectivity index (χ0n) is 11.9. The molecule has 1 saturated carbocycles. The monoisotopic (exact) mass is 294 g/mol. The molecule has 0 unspecified atom stereocenters. The van der Waals surface area contributed by atoms with Gasteiger partial charge in [-0.25, -0.2) is 4.39 Å². The van der Waals surface area contributed by atoms with Crippen LogP contribution in [0.25, 0.3) is 0 Å². The first-order chi connectivity index (χ1) is 9.94. The van der Waals surface area contributed by atoms with Crippen molar-refractivity contribution in [2.45, 2.75) is 18.9 Å². The third-order valence-electron chi connectivity index (χ3n) is 3.06. The average Bonchev–Trinajstić information content (AvgIpc) is 3.16. The van der Waals surface area contributed by atoms with Crippen molar-refractivity contribution in [1.29, 1.82) is 0 Å². The number of halogens is 1. The summed E-state index contributed by atoms with van der Waals surface area (Å²) in [6.07, 6.45) is 2.06. The molecule has 6 nitrogen and oxygen atoms in total. The molecule has 1 aromatic carbocycles. The van der Waals surface area contributed by atoms with E-state index in [1.54, 1.807) is 11.9 Å². The lowest BCUT2D eigenvalue weighted by Gasteiger charge is -2.16. The molecule has 0 aliphatic heterocycles. The molecule has 4 N–H and O–H groups in total. The Hall–Kier alpha value is -2.15. The van der Waals surface area contributed by atoms with Gasteiger partial charge in [-0.15, -0.1) is 0 Å². The van der Waals surface area contributed by atoms with Gasteiger partial charge in [0.1, 0.15) is 5.82 Å². The topological polar surface area (TPSA) is 87.5 Å². The van der Waals surface area contributed by atoms with Gasteiger partial charge in [-0.05, 0) is 38.1 Å². The minimum absolute atomic E-state index is 0.0505. The molecule has 7 heteroatoms. The molecule has 2 rings (SSSR count). The van der Waals surface area contributed by atoms with Gasteiger partial charge in [-0.3, -0.25) is 14.5 Å². The Kier molecular flexibility index (Phi) is 4.74. The summed E-state index contributed by atoms with van der Waals surface area (Å²) in [5.41, 5.74) is 6.13. The van der Waals surface area contributed by atoms with Crippen LogP contribution in [0, 0.1) is 5.82 Å². The molecule has 0 spiro atoms. The number of carbonyl (C=O) groups excluding carboxylic acids is 2. The number of benzene rings is 1. The number of nitrogens with zero attached hydrogens (tertiary/aromatic N) is 1. The quantitative estimate of drug-likeness (QED) is 0.669. The van der Waals surface area contributed by atoms with Gasteiger partial charge in [0.05, 0.1) is 24.5 Å². The number of likely N-dealkylation sites (N-methyl/N-ethyl adjacent to an activating group) is 1. The maximum atomic E-state index is 12.9. The van der Waals surface area contributed by atoms with Crippen molar-refractivity contribution in [3.05, 3.63) is 24.0 Å². The van der Waals surface area contributed by atoms with Gasteiger partial charge in [0.25, 0.3) is 0 Å². The zero-order valence-corrected chi connectivity index (χ0v) is 11.9. The number of nitrogens with two attached hydrogens (primary N) is 1. The van der Waals surface area contributed by atoms with Crippen molar-refractivity contribution in [3.8, 4) is 0 Å². The van der Waals surface area contributed by atoms with E-state index < -0.39 is 5.82 Å². The number of rotatable bonds is 6. The summed E-state index contributed by atoms with van der Waals surface area (Å²) in [4.78, 5) is 25.0. The second-order valence-electron chi connectivity index (χ2n) is 5.29. The van der Waals surface area contributed by atoms with Crippen LogP contribution >= 0.6 is 0 Å². The minimum Gasteiger partial charge on any atom is -0.397 e. The molecular weight excluding hydrogens is 275 g/mol. The van der Waals surface area contributed by atoms with E-state index in [-0.39, 0.29) is 30.6 Å². The van der Waals surface area contributed by atoms with Gasteiger partial charge in [0, 0.05) is 6.04 Å². The Morgan fingerprint density at radius 3 is 2.62 bits per heavy atom. The van der Waals surface area contributed by atoms with Crippen molar-refractivity contribution in [2.24, 2.45) is 0 Å². The van der Waals surface area contributed by atoms with Crippen LogP contribution in [0.3, 0.4) is 0 Å². The number of nitrogen functional groups attached to an aromatic ring is 1. The second kappa shape index (κ2) is 6.53. The van der Waals surface area contributed by atoms with Gasteiger partial charge in [0.15, 0.2) is 0 Å². The Morgan fingerprint density at radius 1 is 1.33 bits per heavy atom. The normalized spacial score (nSPS) is 14.0. The molecule has 0 aromatic heterocycles. The first kappa shape index (κ1) is 15.2. The van der Waals surface area contributed by atoms with E-state index in [4.69, 9.17) is 5.73 Å². The van der Waals surface area contributed by atoms with Crippen molar-refractivity contribution < 1.29 is 14.0 Å². The molecule has 0 radical (unpaired) electrons. The molecule has 0 saturated heterocycles. The summed E-state index contributed by atoms with van der Waals surface area (Å²) < 4.78 is 12.9. The van der Waals surface area contributed by atoms with E-state index in [0.29, 0.717) is 11.7 Å². The lowest BCUT2D eigenvalue weighted by Crippen LogP contribution is -2.39. The van der Waals surface area contributed by atoms with E-state index in [1.807, 2.05) is 0 Å². The largest absolute Gasteiger partial charge is 0.397 e. The van der Waals surface area contributed by atoms with Crippen LogP contribution in [-0.2, 0) is 9.59 Å². The van der Waals surface area contributed by atoms with Crippen LogP contribution in [-0.4, -0.2) is 42.9 Å². The molecule has 1 aliphatic rings. The molecule has 0 atom stereocenters. The fraction of sp³-hybridized carbons (Fsp3) is 0.429. The number of hydrogen-bond donors (Lipinski definition) is 3. The van der Waals surface area contributed by atoms with E-state index in [1.165, 1.54) is 12.1 Å². The highest BCUT2D eigenvalue weighted by molar-refractivity contribution is 5.95. The summed E-state index contributed by atoms with van der Waals surface area (Å²) in [6.45, 7) is 0.206. The molecule has 2 amide bonds. The van der Waals surface area contributed by atoms with Crippen LogP contribution in [0.1, 0.15) is 12.8 Å². The summed E-state index contributed by atoms with van der Waals surface area (Å²) in [5, 5.41) is 5.44. The van der Waals surface area contributed by atoms with Crippen LogP contribution in [0.4, 0.5) is 15.8 Å². The fourth-order valence-corrected chi connectivity index (χ4v) is 1.88. The van der Waals surface area contributed by atoms with E-state index in [0.717, 1.165) is 18.9 Å². The fourth-order valence-electron chi connectivity index (χ4n) is 1.88. The van der Waals surface area contributed by atoms with Crippen LogP contribution < -0.4 is 16.4 Å². The standard InChI is InChI=1S/C14H19FN4O2/c1-19(7-13(20)17-10-3-4-10)8-14(21)18-12-5-2-9(15)6-11(12)16/h2,5-6,10H,3-4,7-8,16H2,1H3,(H,17,20)(H,18,21). The first-order valence-corrected chi connectivity index (χ1v) is 6.77. The Labute approximate surface area is 122 Å². The highest BCUT2D eigenvalue weighted by Gasteiger charge is 2.23. The number of carbonyl (C=O) groups is 2. The molecule has 21 heavy (non-hydrogen) atoms. The highest BCUT2D eigenvalue weighted by atomic mass is 19.1. The summed E-state index contributed by atoms with van der Waals surface area (Å²) >= 11 is 0. The predicted molar refractivity (Wildman–Crippen MR) is 78.1 cm³/mol. The highest BCUT2D eigenvalue weighted by Crippen LogP contribution is 2.19. The van der Waals surface area contributed by atoms with Crippen molar-refractivity contribution >= 4 is 23.2 Å². The Morgan fingerprint density at radius 2 is 2.00 bits per heavy atom. The van der Waals surface area contributed by atoms with Gasteiger partial charge < -0.3 is 16.4 Å². The summed E-state index contributed by atoms with van der Waals surface area (Å²) in [6, 6.07) is 4.07. The van der Waals surface area contributed by atoms with Crippen LogP contribution in [0.2, 0.25) is 0 Å². The molecule has 1 aliphatic carbocycles. The third-order valence-corrected chi connectivity index (χ3v) is 3.06. The molecular formula is C14H19FN4O2. The lowest BCUT2D eigenvalue weighted by molar-refractivity contribution is -0.123. The Balaban J connectivity index is 1.78. The number of nitrogens with one attached hydrogen (secondary N) is 2. The maximum absolute atomic E-state index is 12.9. The van der Waals surface area contributed by atoms with E-state index in [2.05, 4.69) is 10.6 Å². The van der Waals surface area contributed by atoms with Crippen molar-refractivity contribution in [1.82, 2.24) is 10.2 Å². The minimum atomic E-state index is -0.459. The number of anilines is 2. The van der Waals surface area contributed by atoms with Gasteiger partial charge in [-0.2, -0.15) is 0 Å². The lowest BCUT2D eigenvalue weighted by atomic mass is 10.2. The van der Waals surface area contributed by atoms with Gasteiger partial charge in [0.2, 0.25) is 11.8 Å². The summed E-state index contributed by atoms with van der Waals surface area (Å²) in [5.74, 6) is -0.858. The SMILES string of the molecule is CN(CC(=O)Nc1ccc(F)cc1N)CC(=O)NC1CC1. The van der Waals surface area contributed by atoms with Crippen LogP contribution in [0.15, 0.2) is 18.2 Å². The molecule has 0 heterocycles. The number of amides is 2. The van der Waals surface area contributed by atoms with Crippen LogP contribution in [0.5, 0.6) is 0 Å². The third kappa shape index (κ3) is 5.03. The van der Waals surface area contributed by atoms with Gasteiger partial charge in [-0.1, -0.05) is 0 Å². The van der Waals surface area contributed by atoms with Crippen molar-refractivity contribution in [3.63, 3.8) is 0 Å². The molecule has 114 valence electrons. The molecule has 0 bridgehead atoms. The molecule has 1 aromatic rings. The maximum Gasteiger partial charge on any atom is 0.238 e. The van der Waals surface area contributed by atoms with Crippen molar-refractivity contribution in [2.75, 3.05) is 31.2 Å². The van der Waals surface area contributed by atoms with Gasteiger partial charge >= 0.3 is 0 Å². The smallest absolute Gasteiger partial charge is 0.238 e.